The summed E-state index contributed by atoms with van der Waals surface area (Å²) >= 11 is 5.79. The molecule has 2 aromatic heterocycles. The Morgan fingerprint density at radius 1 is 0.862 bits per heavy atom. The van der Waals surface area contributed by atoms with E-state index in [1.54, 1.807) is 7.11 Å². The Morgan fingerprint density at radius 3 is 2.03 bits per heavy atom. The summed E-state index contributed by atoms with van der Waals surface area (Å²) in [6.07, 6.45) is 2.01. The zero-order chi connectivity index (χ0) is 21.0. The van der Waals surface area contributed by atoms with Crippen LogP contribution in [0.2, 0.25) is 0 Å². The van der Waals surface area contributed by atoms with Gasteiger partial charge in [0.2, 0.25) is 0 Å². The average molecular weight is 421 g/mol. The van der Waals surface area contributed by atoms with Gasteiger partial charge in [-0.05, 0) is 54.7 Å². The fourth-order valence-corrected chi connectivity index (χ4v) is 3.23. The Kier molecular flexibility index (Phi) is 6.02. The third kappa shape index (κ3) is 4.83. The number of ether oxygens (including phenoxy) is 1. The third-order valence-electron chi connectivity index (χ3n) is 3.97. The van der Waals surface area contributed by atoms with Crippen LogP contribution in [0.25, 0.3) is 17.0 Å². The molecule has 4 aromatic rings. The van der Waals surface area contributed by atoms with Crippen molar-refractivity contribution in [3.63, 3.8) is 0 Å². The lowest BCUT2D eigenvalue weighted by atomic mass is 10.3. The van der Waals surface area contributed by atoms with E-state index in [0.29, 0.717) is 4.77 Å². The van der Waals surface area contributed by atoms with Crippen molar-refractivity contribution in [3.05, 3.63) is 83.8 Å². The summed E-state index contributed by atoms with van der Waals surface area (Å²) in [5, 5.41) is 0. The highest BCUT2D eigenvalue weighted by Gasteiger charge is 2.21. The number of hydrogen-bond acceptors (Lipinski definition) is 2. The molecular weight excluding hydrogens is 405 g/mol. The van der Waals surface area contributed by atoms with Crippen molar-refractivity contribution in [1.29, 1.82) is 0 Å². The molecule has 0 fully saturated rings. The van der Waals surface area contributed by atoms with Gasteiger partial charge >= 0.3 is 12.0 Å². The first kappa shape index (κ1) is 20.6. The maximum Gasteiger partial charge on any atom is 0.673 e. The van der Waals surface area contributed by atoms with E-state index in [1.807, 2.05) is 65.5 Å². The molecule has 4 nitrogen and oxygen atoms in total. The van der Waals surface area contributed by atoms with Gasteiger partial charge < -0.3 is 22.0 Å². The molecule has 0 saturated carbocycles. The second-order valence-electron chi connectivity index (χ2n) is 5.86. The zero-order valence-electron chi connectivity index (χ0n) is 15.3. The van der Waals surface area contributed by atoms with Gasteiger partial charge in [-0.3, -0.25) is 0 Å². The number of methoxy groups -OCH3 is 1. The summed E-state index contributed by atoms with van der Waals surface area (Å²) < 4.78 is 51.1. The molecule has 2 aromatic carbocycles. The molecular formula is C19H16BF4N3OS. The van der Waals surface area contributed by atoms with Crippen LogP contribution >= 0.6 is 12.2 Å². The van der Waals surface area contributed by atoms with Crippen molar-refractivity contribution in [2.45, 2.75) is 0 Å². The van der Waals surface area contributed by atoms with Crippen molar-refractivity contribution in [1.82, 2.24) is 9.20 Å². The van der Waals surface area contributed by atoms with E-state index in [1.165, 1.54) is 0 Å². The first-order valence-corrected chi connectivity index (χ1v) is 8.92. The van der Waals surface area contributed by atoms with Crippen molar-refractivity contribution < 1.29 is 26.6 Å². The van der Waals surface area contributed by atoms with E-state index in [0.717, 1.165) is 22.8 Å². The fraction of sp³-hybridized carbons (Fsp3) is 0.0526. The third-order valence-corrected chi connectivity index (χ3v) is 4.32. The molecule has 0 aliphatic rings. The molecule has 0 bridgehead atoms. The van der Waals surface area contributed by atoms with Crippen molar-refractivity contribution in [3.8, 4) is 17.1 Å². The molecule has 0 unspecified atom stereocenters. The second-order valence-corrected chi connectivity index (χ2v) is 6.23. The van der Waals surface area contributed by atoms with Crippen LogP contribution < -0.4 is 9.30 Å². The number of aromatic nitrogens is 3. The highest BCUT2D eigenvalue weighted by molar-refractivity contribution is 7.71. The number of hydrogen-bond donors (Lipinski definition) is 0. The van der Waals surface area contributed by atoms with Crippen molar-refractivity contribution >= 4 is 25.1 Å². The van der Waals surface area contributed by atoms with Gasteiger partial charge in [0.05, 0.1) is 7.11 Å². The van der Waals surface area contributed by atoms with Crippen LogP contribution in [0.3, 0.4) is 0 Å². The van der Waals surface area contributed by atoms with Crippen LogP contribution in [0.4, 0.5) is 17.3 Å². The molecule has 0 saturated heterocycles. The van der Waals surface area contributed by atoms with Crippen LogP contribution in [-0.2, 0) is 0 Å². The van der Waals surface area contributed by atoms with Gasteiger partial charge in [-0.1, -0.05) is 28.9 Å². The van der Waals surface area contributed by atoms with Gasteiger partial charge in [-0.2, -0.15) is 4.57 Å². The predicted molar refractivity (Wildman–Crippen MR) is 106 cm³/mol. The molecule has 150 valence electrons. The molecule has 29 heavy (non-hydrogen) atoms. The topological polar surface area (TPSA) is 22.4 Å². The molecule has 0 radical (unpaired) electrons. The van der Waals surface area contributed by atoms with E-state index in [2.05, 4.69) is 27.3 Å². The summed E-state index contributed by atoms with van der Waals surface area (Å²) in [4.78, 5) is 0. The number of para-hydroxylation sites is 1. The quantitative estimate of drug-likeness (QED) is 0.200. The molecule has 0 N–H and O–H groups in total. The lowest BCUT2D eigenvalue weighted by Gasteiger charge is -2.00. The molecule has 10 heteroatoms. The minimum atomic E-state index is -6.00. The number of benzene rings is 2. The van der Waals surface area contributed by atoms with E-state index >= 15 is 0 Å². The number of pyridine rings is 1. The summed E-state index contributed by atoms with van der Waals surface area (Å²) in [7, 11) is -4.34. The van der Waals surface area contributed by atoms with E-state index in [4.69, 9.17) is 17.0 Å². The number of nitrogens with zero attached hydrogens (tertiary/aromatic N) is 3. The Balaban J connectivity index is 0.000000431. The summed E-state index contributed by atoms with van der Waals surface area (Å²) in [5.41, 5.74) is 3.03. The Morgan fingerprint density at radius 2 is 1.45 bits per heavy atom. The maximum atomic E-state index is 9.75. The van der Waals surface area contributed by atoms with Gasteiger partial charge in [-0.25, -0.2) is 0 Å². The number of fused-ring (bicyclic) bond motifs is 1. The minimum Gasteiger partial charge on any atom is -0.497 e. The van der Waals surface area contributed by atoms with Gasteiger partial charge in [0.25, 0.3) is 5.65 Å². The van der Waals surface area contributed by atoms with Crippen LogP contribution in [-0.4, -0.2) is 23.6 Å². The lowest BCUT2D eigenvalue weighted by Crippen LogP contribution is -2.31. The van der Waals surface area contributed by atoms with Crippen LogP contribution in [0.15, 0.2) is 79.0 Å². The molecule has 0 amide bonds. The van der Waals surface area contributed by atoms with Gasteiger partial charge in [0.1, 0.15) is 23.3 Å². The molecule has 0 spiro atoms. The Hall–Kier alpha value is -3.14. The standard InChI is InChI=1S/C19H16N3OS.BF4/c1-23-17-12-10-16(11-13-17)22-19(24)21(15-7-3-2-4-8-15)18-9-5-6-14-20(18)22;2-1(3,4)5/h2-14H,1H3;/q+1;-1. The van der Waals surface area contributed by atoms with E-state index < -0.39 is 7.25 Å². The second kappa shape index (κ2) is 8.48. The number of halogens is 4. The van der Waals surface area contributed by atoms with E-state index in [9.17, 15) is 17.3 Å². The Labute approximate surface area is 169 Å². The smallest absolute Gasteiger partial charge is 0.497 e. The van der Waals surface area contributed by atoms with Crippen molar-refractivity contribution in [2.75, 3.05) is 7.11 Å². The average Bonchev–Trinajstić information content (AvgIpc) is 2.99. The fourth-order valence-electron chi connectivity index (χ4n) is 2.83. The normalized spacial score (nSPS) is 11.1. The highest BCUT2D eigenvalue weighted by atomic mass is 32.1. The molecule has 0 aliphatic carbocycles. The molecule has 4 rings (SSSR count). The zero-order valence-corrected chi connectivity index (χ0v) is 16.1. The van der Waals surface area contributed by atoms with Gasteiger partial charge in [0.15, 0.2) is 0 Å². The van der Waals surface area contributed by atoms with Gasteiger partial charge in [0, 0.05) is 6.07 Å². The Bertz CT molecular complexity index is 1150. The largest absolute Gasteiger partial charge is 0.673 e. The molecule has 0 atom stereocenters. The summed E-state index contributed by atoms with van der Waals surface area (Å²) in [6.45, 7) is 0. The van der Waals surface area contributed by atoms with E-state index in [-0.39, 0.29) is 0 Å². The molecule has 2 heterocycles. The molecule has 0 aliphatic heterocycles. The minimum absolute atomic E-state index is 0.706. The summed E-state index contributed by atoms with van der Waals surface area (Å²) in [6, 6.07) is 24.1. The monoisotopic (exact) mass is 421 g/mol. The van der Waals surface area contributed by atoms with Gasteiger partial charge in [-0.15, -0.1) is 4.52 Å². The lowest BCUT2D eigenvalue weighted by molar-refractivity contribution is -0.576. The van der Waals surface area contributed by atoms with Crippen molar-refractivity contribution in [2.24, 2.45) is 0 Å². The predicted octanol–water partition coefficient (Wildman–Crippen LogP) is 5.04. The SMILES string of the molecule is COc1ccc(-n2c(=S)[n+](-c3ccccc3)c3ccccn32)cc1.F[B-](F)(F)F. The van der Waals surface area contributed by atoms with Crippen LogP contribution in [0, 0.1) is 4.77 Å². The maximum absolute atomic E-state index is 9.75. The number of rotatable bonds is 3. The highest BCUT2D eigenvalue weighted by Crippen LogP contribution is 2.17. The van der Waals surface area contributed by atoms with Crippen LogP contribution in [0.5, 0.6) is 5.75 Å². The van der Waals surface area contributed by atoms with Crippen LogP contribution in [0.1, 0.15) is 0 Å². The summed E-state index contributed by atoms with van der Waals surface area (Å²) in [5.74, 6) is 0.821. The first-order chi connectivity index (χ1) is 13.8. The first-order valence-electron chi connectivity index (χ1n) is 8.51.